The SMILES string of the molecule is CC(=O)OCC(CI)OC(C)=O. The average molecular weight is 286 g/mol. The molecule has 0 saturated heterocycles. The molecule has 0 amide bonds. The van der Waals surface area contributed by atoms with E-state index in [1.807, 2.05) is 0 Å². The molecule has 0 aromatic heterocycles. The number of rotatable bonds is 4. The van der Waals surface area contributed by atoms with Crippen LogP contribution in [0, 0.1) is 0 Å². The van der Waals surface area contributed by atoms with Crippen molar-refractivity contribution < 1.29 is 19.1 Å². The van der Waals surface area contributed by atoms with Crippen molar-refractivity contribution >= 4 is 34.5 Å². The molecule has 5 heteroatoms. The molecule has 0 aliphatic heterocycles. The average Bonchev–Trinajstić information content (AvgIpc) is 1.97. The van der Waals surface area contributed by atoms with E-state index < -0.39 is 0 Å². The van der Waals surface area contributed by atoms with Crippen LogP contribution in [0.3, 0.4) is 0 Å². The highest BCUT2D eigenvalue weighted by molar-refractivity contribution is 14.1. The first kappa shape index (κ1) is 11.7. The summed E-state index contributed by atoms with van der Waals surface area (Å²) in [5.74, 6) is -0.721. The van der Waals surface area contributed by atoms with E-state index in [1.165, 1.54) is 13.8 Å². The summed E-state index contributed by atoms with van der Waals surface area (Å²) in [5.41, 5.74) is 0. The van der Waals surface area contributed by atoms with Crippen molar-refractivity contribution in [1.82, 2.24) is 0 Å². The summed E-state index contributed by atoms with van der Waals surface area (Å²) >= 11 is 2.06. The molecule has 70 valence electrons. The molecular formula is C7H11IO4. The van der Waals surface area contributed by atoms with E-state index in [0.29, 0.717) is 4.43 Å². The quantitative estimate of drug-likeness (QED) is 0.438. The molecule has 0 aliphatic rings. The number of esters is 2. The van der Waals surface area contributed by atoms with Crippen LogP contribution in [-0.4, -0.2) is 29.1 Å². The van der Waals surface area contributed by atoms with Crippen molar-refractivity contribution in [1.29, 1.82) is 0 Å². The first-order chi connectivity index (χ1) is 5.56. The molecule has 0 aliphatic carbocycles. The highest BCUT2D eigenvalue weighted by Crippen LogP contribution is 1.99. The van der Waals surface area contributed by atoms with Gasteiger partial charge in [-0.3, -0.25) is 9.59 Å². The lowest BCUT2D eigenvalue weighted by molar-refractivity contribution is -0.154. The van der Waals surface area contributed by atoms with E-state index in [0.717, 1.165) is 0 Å². The highest BCUT2D eigenvalue weighted by atomic mass is 127. The zero-order valence-corrected chi connectivity index (χ0v) is 9.16. The molecule has 0 aromatic rings. The molecule has 0 rings (SSSR count). The molecule has 0 heterocycles. The Morgan fingerprint density at radius 2 is 1.92 bits per heavy atom. The predicted octanol–water partition coefficient (Wildman–Crippen LogP) is 0.916. The lowest BCUT2D eigenvalue weighted by Crippen LogP contribution is -2.24. The van der Waals surface area contributed by atoms with Crippen LogP contribution in [0.4, 0.5) is 0 Å². The van der Waals surface area contributed by atoms with E-state index in [9.17, 15) is 9.59 Å². The standard InChI is InChI=1S/C7H11IO4/c1-5(9)11-4-7(3-8)12-6(2)10/h7H,3-4H2,1-2H3. The Bertz CT molecular complexity index is 169. The van der Waals surface area contributed by atoms with Crippen molar-refractivity contribution in [3.05, 3.63) is 0 Å². The van der Waals surface area contributed by atoms with Crippen LogP contribution >= 0.6 is 22.6 Å². The van der Waals surface area contributed by atoms with Gasteiger partial charge in [0, 0.05) is 18.3 Å². The van der Waals surface area contributed by atoms with Crippen LogP contribution in [0.15, 0.2) is 0 Å². The number of carbonyl (C=O) groups is 2. The molecule has 0 fully saturated rings. The fraction of sp³-hybridized carbons (Fsp3) is 0.714. The third kappa shape index (κ3) is 6.38. The minimum atomic E-state index is -0.364. The van der Waals surface area contributed by atoms with Gasteiger partial charge in [-0.15, -0.1) is 0 Å². The summed E-state index contributed by atoms with van der Waals surface area (Å²) in [4.78, 5) is 20.9. The molecule has 1 unspecified atom stereocenters. The van der Waals surface area contributed by atoms with Gasteiger partial charge in [-0.05, 0) is 0 Å². The van der Waals surface area contributed by atoms with Crippen molar-refractivity contribution in [2.45, 2.75) is 20.0 Å². The van der Waals surface area contributed by atoms with Crippen LogP contribution in [0.25, 0.3) is 0 Å². The molecule has 4 nitrogen and oxygen atoms in total. The van der Waals surface area contributed by atoms with E-state index in [2.05, 4.69) is 27.3 Å². The lowest BCUT2D eigenvalue weighted by Gasteiger charge is -2.13. The number of alkyl halides is 1. The Hall–Kier alpha value is -0.330. The first-order valence-electron chi connectivity index (χ1n) is 3.42. The number of hydrogen-bond acceptors (Lipinski definition) is 4. The smallest absolute Gasteiger partial charge is 0.303 e. The minimum absolute atomic E-state index is 0.137. The van der Waals surface area contributed by atoms with Crippen LogP contribution in [0.1, 0.15) is 13.8 Å². The van der Waals surface area contributed by atoms with E-state index >= 15 is 0 Å². The lowest BCUT2D eigenvalue weighted by atomic mass is 10.4. The molecule has 0 spiro atoms. The Labute approximate surface area is 84.7 Å². The Balaban J connectivity index is 3.67. The summed E-state index contributed by atoms with van der Waals surface area (Å²) in [6.45, 7) is 2.78. The summed E-state index contributed by atoms with van der Waals surface area (Å²) < 4.78 is 10.1. The van der Waals surface area contributed by atoms with Gasteiger partial charge in [0.25, 0.3) is 0 Å². The van der Waals surface area contributed by atoms with Crippen molar-refractivity contribution in [3.8, 4) is 0 Å². The van der Waals surface area contributed by atoms with Crippen LogP contribution in [0.5, 0.6) is 0 Å². The molecule has 0 saturated carbocycles. The molecule has 0 N–H and O–H groups in total. The maximum Gasteiger partial charge on any atom is 0.303 e. The van der Waals surface area contributed by atoms with Crippen molar-refractivity contribution in [2.75, 3.05) is 11.0 Å². The zero-order chi connectivity index (χ0) is 9.56. The van der Waals surface area contributed by atoms with Crippen LogP contribution in [0.2, 0.25) is 0 Å². The van der Waals surface area contributed by atoms with Gasteiger partial charge in [0.2, 0.25) is 0 Å². The molecule has 12 heavy (non-hydrogen) atoms. The molecule has 0 aromatic carbocycles. The van der Waals surface area contributed by atoms with Gasteiger partial charge in [-0.25, -0.2) is 0 Å². The highest BCUT2D eigenvalue weighted by Gasteiger charge is 2.11. The Morgan fingerprint density at radius 3 is 2.25 bits per heavy atom. The summed E-state index contributed by atoms with van der Waals surface area (Å²) in [6, 6.07) is 0. The monoisotopic (exact) mass is 286 g/mol. The number of hydrogen-bond donors (Lipinski definition) is 0. The van der Waals surface area contributed by atoms with E-state index in [1.54, 1.807) is 0 Å². The summed E-state index contributed by atoms with van der Waals surface area (Å²) in [5, 5.41) is 0. The molecule has 0 radical (unpaired) electrons. The van der Waals surface area contributed by atoms with Gasteiger partial charge < -0.3 is 9.47 Å². The van der Waals surface area contributed by atoms with Gasteiger partial charge in [-0.1, -0.05) is 22.6 Å². The van der Waals surface area contributed by atoms with Crippen molar-refractivity contribution in [3.63, 3.8) is 0 Å². The third-order valence-corrected chi connectivity index (χ3v) is 1.96. The zero-order valence-electron chi connectivity index (χ0n) is 7.00. The number of ether oxygens (including phenoxy) is 2. The summed E-state index contributed by atoms with van der Waals surface area (Å²) in [7, 11) is 0. The van der Waals surface area contributed by atoms with Crippen molar-refractivity contribution in [2.24, 2.45) is 0 Å². The molecule has 1 atom stereocenters. The van der Waals surface area contributed by atoms with Gasteiger partial charge in [0.05, 0.1) is 0 Å². The second-order valence-corrected chi connectivity index (χ2v) is 3.07. The summed E-state index contributed by atoms with van der Waals surface area (Å²) in [6.07, 6.45) is -0.327. The maximum absolute atomic E-state index is 10.5. The fourth-order valence-corrected chi connectivity index (χ4v) is 0.989. The Kier molecular flexibility index (Phi) is 6.04. The van der Waals surface area contributed by atoms with Crippen LogP contribution in [-0.2, 0) is 19.1 Å². The van der Waals surface area contributed by atoms with E-state index in [4.69, 9.17) is 4.74 Å². The maximum atomic E-state index is 10.5. The van der Waals surface area contributed by atoms with Gasteiger partial charge in [0.15, 0.2) is 0 Å². The second kappa shape index (κ2) is 6.22. The normalized spacial score (nSPS) is 11.9. The number of carbonyl (C=O) groups excluding carboxylic acids is 2. The second-order valence-electron chi connectivity index (χ2n) is 2.19. The van der Waals surface area contributed by atoms with E-state index in [-0.39, 0.29) is 24.6 Å². The largest absolute Gasteiger partial charge is 0.462 e. The van der Waals surface area contributed by atoms with Gasteiger partial charge >= 0.3 is 11.9 Å². The molecule has 0 bridgehead atoms. The van der Waals surface area contributed by atoms with Gasteiger partial charge in [-0.2, -0.15) is 0 Å². The third-order valence-electron chi connectivity index (χ3n) is 0.977. The van der Waals surface area contributed by atoms with Crippen LogP contribution < -0.4 is 0 Å². The predicted molar refractivity (Wildman–Crippen MR) is 51.1 cm³/mol. The minimum Gasteiger partial charge on any atom is -0.462 e. The fourth-order valence-electron chi connectivity index (χ4n) is 0.555. The Morgan fingerprint density at radius 1 is 1.33 bits per heavy atom. The van der Waals surface area contributed by atoms with Gasteiger partial charge in [0.1, 0.15) is 12.7 Å². The molecular weight excluding hydrogens is 275 g/mol. The number of halogens is 1. The topological polar surface area (TPSA) is 52.6 Å². The first-order valence-corrected chi connectivity index (χ1v) is 4.95.